The van der Waals surface area contributed by atoms with Gasteiger partial charge in [-0.1, -0.05) is 0 Å². The second-order valence-electron chi connectivity index (χ2n) is 5.88. The Morgan fingerprint density at radius 3 is 2.70 bits per heavy atom. The number of hydrogen-bond donors (Lipinski definition) is 0. The summed E-state index contributed by atoms with van der Waals surface area (Å²) in [5.41, 5.74) is -1.14. The Morgan fingerprint density at radius 1 is 1.35 bits per heavy atom. The third-order valence-electron chi connectivity index (χ3n) is 4.49. The molecule has 2 aliphatic heterocycles. The largest absolute Gasteiger partial charge is 0.433 e. The molecule has 2 atom stereocenters. The highest BCUT2D eigenvalue weighted by molar-refractivity contribution is 5.95. The first-order valence-corrected chi connectivity index (χ1v) is 7.42. The minimum atomic E-state index is -4.59. The fourth-order valence-electron chi connectivity index (χ4n) is 3.30. The minimum absolute atomic E-state index is 0.0264. The summed E-state index contributed by atoms with van der Waals surface area (Å²) in [6.07, 6.45) is -3.60. The van der Waals surface area contributed by atoms with Crippen LogP contribution in [0.3, 0.4) is 0 Å². The number of carbonyl (C=O) groups is 2. The molecule has 0 spiro atoms. The Morgan fingerprint density at radius 2 is 2.09 bits per heavy atom. The van der Waals surface area contributed by atoms with Crippen LogP contribution in [0.1, 0.15) is 23.0 Å². The highest BCUT2D eigenvalue weighted by atomic mass is 19.4. The lowest BCUT2D eigenvalue weighted by Crippen LogP contribution is -2.35. The molecule has 1 aromatic rings. The Bertz CT molecular complexity index is 647. The molecule has 0 aliphatic carbocycles. The quantitative estimate of drug-likeness (QED) is 0.830. The minimum Gasteiger partial charge on any atom is -0.342 e. The van der Waals surface area contributed by atoms with Crippen molar-refractivity contribution in [2.24, 2.45) is 11.8 Å². The molecule has 2 fully saturated rings. The van der Waals surface area contributed by atoms with Gasteiger partial charge in [-0.25, -0.2) is 0 Å². The van der Waals surface area contributed by atoms with E-state index in [2.05, 4.69) is 4.98 Å². The van der Waals surface area contributed by atoms with E-state index < -0.39 is 17.8 Å². The van der Waals surface area contributed by atoms with Crippen LogP contribution in [0.25, 0.3) is 0 Å². The van der Waals surface area contributed by atoms with E-state index in [1.54, 1.807) is 4.90 Å². The van der Waals surface area contributed by atoms with Crippen molar-refractivity contribution >= 4 is 11.8 Å². The summed E-state index contributed by atoms with van der Waals surface area (Å²) < 4.78 is 38.1. The zero-order chi connectivity index (χ0) is 16.8. The summed E-state index contributed by atoms with van der Waals surface area (Å²) in [4.78, 5) is 31.0. The van der Waals surface area contributed by atoms with Gasteiger partial charge in [0.05, 0.1) is 5.92 Å². The van der Waals surface area contributed by atoms with Gasteiger partial charge < -0.3 is 9.80 Å². The first-order valence-electron chi connectivity index (χ1n) is 7.42. The van der Waals surface area contributed by atoms with Crippen molar-refractivity contribution in [3.8, 4) is 0 Å². The summed E-state index contributed by atoms with van der Waals surface area (Å²) in [7, 11) is 0. The van der Waals surface area contributed by atoms with Crippen LogP contribution < -0.4 is 0 Å². The summed E-state index contributed by atoms with van der Waals surface area (Å²) in [5, 5.41) is 0. The molecular weight excluding hydrogens is 311 g/mol. The molecule has 0 aromatic carbocycles. The highest BCUT2D eigenvalue weighted by Crippen LogP contribution is 2.33. The first-order chi connectivity index (χ1) is 10.8. The first kappa shape index (κ1) is 15.8. The molecule has 23 heavy (non-hydrogen) atoms. The number of carbonyl (C=O) groups excluding carboxylic acids is 2. The van der Waals surface area contributed by atoms with Crippen molar-refractivity contribution < 1.29 is 22.8 Å². The van der Waals surface area contributed by atoms with Crippen LogP contribution >= 0.6 is 0 Å². The van der Waals surface area contributed by atoms with E-state index in [1.165, 1.54) is 11.0 Å². The molecule has 8 heteroatoms. The third kappa shape index (κ3) is 2.77. The Kier molecular flexibility index (Phi) is 3.77. The lowest BCUT2D eigenvalue weighted by Gasteiger charge is -2.21. The number of likely N-dealkylation sites (tertiary alicyclic amines) is 2. The fourth-order valence-corrected chi connectivity index (χ4v) is 3.30. The number of amides is 2. The predicted octanol–water partition coefficient (Wildman–Crippen LogP) is 1.65. The van der Waals surface area contributed by atoms with Crippen molar-refractivity contribution in [3.63, 3.8) is 0 Å². The Labute approximate surface area is 131 Å². The number of rotatable bonds is 2. The topological polar surface area (TPSA) is 53.5 Å². The standard InChI is InChI=1S/C15H16F3N3O2/c1-2-20-6-10-7-21(8-11(10)14(20)23)13(22)9-3-4-19-12(5-9)15(16,17)18/h3-5,10-11H,2,6-8H2,1H3/t10-,11+/m1/s1. The molecule has 2 amide bonds. The predicted molar refractivity (Wildman–Crippen MR) is 74.4 cm³/mol. The van der Waals surface area contributed by atoms with Gasteiger partial charge in [0, 0.05) is 43.9 Å². The summed E-state index contributed by atoms with van der Waals surface area (Å²) >= 11 is 0. The number of nitrogens with zero attached hydrogens (tertiary/aromatic N) is 3. The van der Waals surface area contributed by atoms with E-state index in [1.807, 2.05) is 6.92 Å². The maximum Gasteiger partial charge on any atom is 0.433 e. The van der Waals surface area contributed by atoms with E-state index >= 15 is 0 Å². The number of aromatic nitrogens is 1. The van der Waals surface area contributed by atoms with Crippen LogP contribution in [0, 0.1) is 11.8 Å². The van der Waals surface area contributed by atoms with Crippen LogP contribution in [0.2, 0.25) is 0 Å². The smallest absolute Gasteiger partial charge is 0.342 e. The van der Waals surface area contributed by atoms with Crippen LogP contribution in [0.15, 0.2) is 18.3 Å². The molecule has 3 heterocycles. The second kappa shape index (κ2) is 5.50. The molecule has 124 valence electrons. The molecule has 1 aromatic heterocycles. The van der Waals surface area contributed by atoms with E-state index in [4.69, 9.17) is 0 Å². The number of alkyl halides is 3. The molecule has 2 saturated heterocycles. The molecule has 0 unspecified atom stereocenters. The third-order valence-corrected chi connectivity index (χ3v) is 4.49. The van der Waals surface area contributed by atoms with Gasteiger partial charge in [0.2, 0.25) is 5.91 Å². The SMILES string of the molecule is CCN1C[C@@H]2CN(C(=O)c3ccnc(C(F)(F)F)c3)C[C@@H]2C1=O. The van der Waals surface area contributed by atoms with Crippen LogP contribution in [0.5, 0.6) is 0 Å². The summed E-state index contributed by atoms with van der Waals surface area (Å²) in [5.74, 6) is -0.625. The maximum atomic E-state index is 12.7. The van der Waals surface area contributed by atoms with Gasteiger partial charge in [0.15, 0.2) is 0 Å². The van der Waals surface area contributed by atoms with Gasteiger partial charge in [-0.3, -0.25) is 14.6 Å². The summed E-state index contributed by atoms with van der Waals surface area (Å²) in [6.45, 7) is 3.81. The maximum absolute atomic E-state index is 12.7. The van der Waals surface area contributed by atoms with Gasteiger partial charge in [-0.2, -0.15) is 13.2 Å². The van der Waals surface area contributed by atoms with Crippen LogP contribution in [-0.4, -0.2) is 52.8 Å². The highest BCUT2D eigenvalue weighted by Gasteiger charge is 2.47. The number of fused-ring (bicyclic) bond motifs is 1. The van der Waals surface area contributed by atoms with E-state index in [-0.39, 0.29) is 29.9 Å². The number of pyridine rings is 1. The number of hydrogen-bond acceptors (Lipinski definition) is 3. The van der Waals surface area contributed by atoms with Crippen molar-refractivity contribution in [2.75, 3.05) is 26.2 Å². The molecule has 5 nitrogen and oxygen atoms in total. The number of halogens is 3. The van der Waals surface area contributed by atoms with Crippen molar-refractivity contribution in [3.05, 3.63) is 29.6 Å². The Hall–Kier alpha value is -2.12. The van der Waals surface area contributed by atoms with Crippen molar-refractivity contribution in [2.45, 2.75) is 13.1 Å². The summed E-state index contributed by atoms with van der Waals surface area (Å²) in [6, 6.07) is 2.03. The van der Waals surface area contributed by atoms with E-state index in [0.29, 0.717) is 19.6 Å². The van der Waals surface area contributed by atoms with Crippen LogP contribution in [-0.2, 0) is 11.0 Å². The van der Waals surface area contributed by atoms with Gasteiger partial charge in [-0.15, -0.1) is 0 Å². The molecule has 0 saturated carbocycles. The van der Waals surface area contributed by atoms with E-state index in [0.717, 1.165) is 12.3 Å². The molecule has 2 aliphatic rings. The zero-order valence-corrected chi connectivity index (χ0v) is 12.5. The van der Waals surface area contributed by atoms with Crippen LogP contribution in [0.4, 0.5) is 13.2 Å². The van der Waals surface area contributed by atoms with Gasteiger partial charge in [-0.05, 0) is 19.1 Å². The van der Waals surface area contributed by atoms with Crippen molar-refractivity contribution in [1.29, 1.82) is 0 Å². The normalized spacial score (nSPS) is 24.3. The average Bonchev–Trinajstić information content (AvgIpc) is 3.05. The molecule has 3 rings (SSSR count). The lowest BCUT2D eigenvalue weighted by molar-refractivity contribution is -0.141. The van der Waals surface area contributed by atoms with Gasteiger partial charge in [0.25, 0.3) is 5.91 Å². The average molecular weight is 327 g/mol. The molecular formula is C15H16F3N3O2. The lowest BCUT2D eigenvalue weighted by atomic mass is 10.0. The second-order valence-corrected chi connectivity index (χ2v) is 5.88. The monoisotopic (exact) mass is 327 g/mol. The van der Waals surface area contributed by atoms with E-state index in [9.17, 15) is 22.8 Å². The van der Waals surface area contributed by atoms with Gasteiger partial charge >= 0.3 is 6.18 Å². The zero-order valence-electron chi connectivity index (χ0n) is 12.5. The molecule has 0 radical (unpaired) electrons. The fraction of sp³-hybridized carbons (Fsp3) is 0.533. The molecule has 0 bridgehead atoms. The molecule has 0 N–H and O–H groups in total. The van der Waals surface area contributed by atoms with Gasteiger partial charge in [0.1, 0.15) is 5.69 Å². The van der Waals surface area contributed by atoms with Crippen molar-refractivity contribution in [1.82, 2.24) is 14.8 Å². The Balaban J connectivity index is 1.75.